The van der Waals surface area contributed by atoms with Gasteiger partial charge in [-0.1, -0.05) is 38.7 Å². The van der Waals surface area contributed by atoms with E-state index < -0.39 is 0 Å². The second-order valence-electron chi connectivity index (χ2n) is 3.86. The number of carbonyl (C=O) groups is 1. The van der Waals surface area contributed by atoms with Crippen LogP contribution in [0, 0.1) is 0 Å². The van der Waals surface area contributed by atoms with Crippen LogP contribution in [0.2, 0.25) is 0 Å². The van der Waals surface area contributed by atoms with E-state index in [1.54, 1.807) is 0 Å². The molecule has 0 amide bonds. The quantitative estimate of drug-likeness (QED) is 0.570. The lowest BCUT2D eigenvalue weighted by Crippen LogP contribution is -1.95. The van der Waals surface area contributed by atoms with Crippen molar-refractivity contribution < 1.29 is 4.79 Å². The summed E-state index contributed by atoms with van der Waals surface area (Å²) in [6.07, 6.45) is 11.4. The van der Waals surface area contributed by atoms with Gasteiger partial charge < -0.3 is 0 Å². The zero-order valence-corrected chi connectivity index (χ0v) is 8.64. The van der Waals surface area contributed by atoms with Crippen LogP contribution in [0.25, 0.3) is 0 Å². The molecule has 0 aliphatic heterocycles. The van der Waals surface area contributed by atoms with Crippen LogP contribution in [-0.4, -0.2) is 5.78 Å². The highest BCUT2D eigenvalue weighted by Gasteiger charge is 2.13. The Morgan fingerprint density at radius 3 is 2.62 bits per heavy atom. The summed E-state index contributed by atoms with van der Waals surface area (Å²) in [5.74, 6) is 0.399. The maximum atomic E-state index is 11.2. The Morgan fingerprint density at radius 2 is 2.00 bits per heavy atom. The number of carbonyl (C=O) groups excluding carboxylic acids is 1. The third-order valence-electron chi connectivity index (χ3n) is 2.67. The molecule has 74 valence electrons. The molecule has 1 aliphatic rings. The molecule has 0 saturated carbocycles. The van der Waals surface area contributed by atoms with Crippen molar-refractivity contribution in [1.29, 1.82) is 0 Å². The van der Waals surface area contributed by atoms with Crippen LogP contribution in [0.5, 0.6) is 0 Å². The molecule has 0 heterocycles. The molecule has 0 bridgehead atoms. The van der Waals surface area contributed by atoms with Gasteiger partial charge in [0.15, 0.2) is 5.78 Å². The monoisotopic (exact) mass is 180 g/mol. The summed E-state index contributed by atoms with van der Waals surface area (Å²) in [5, 5.41) is 0. The van der Waals surface area contributed by atoms with Gasteiger partial charge in [-0.15, -0.1) is 0 Å². The van der Waals surface area contributed by atoms with Crippen LogP contribution in [0.3, 0.4) is 0 Å². The van der Waals surface area contributed by atoms with Gasteiger partial charge in [-0.3, -0.25) is 4.79 Å². The Balaban J connectivity index is 2.02. The molecular weight excluding hydrogens is 160 g/mol. The fraction of sp³-hybridized carbons (Fsp3) is 0.750. The van der Waals surface area contributed by atoms with Crippen molar-refractivity contribution in [3.05, 3.63) is 11.6 Å². The molecule has 1 aliphatic carbocycles. The van der Waals surface area contributed by atoms with E-state index >= 15 is 0 Å². The van der Waals surface area contributed by atoms with Crippen molar-refractivity contribution in [1.82, 2.24) is 0 Å². The number of hydrogen-bond acceptors (Lipinski definition) is 1. The highest BCUT2D eigenvalue weighted by Crippen LogP contribution is 2.19. The van der Waals surface area contributed by atoms with Crippen LogP contribution >= 0.6 is 0 Å². The molecule has 0 aromatic carbocycles. The van der Waals surface area contributed by atoms with E-state index in [1.807, 2.05) is 0 Å². The number of unbranched alkanes of at least 4 members (excludes halogenated alkanes) is 4. The SMILES string of the molecule is CCCCCCCC1=CCCC1=O. The van der Waals surface area contributed by atoms with Crippen molar-refractivity contribution in [2.24, 2.45) is 0 Å². The molecule has 0 fully saturated rings. The summed E-state index contributed by atoms with van der Waals surface area (Å²) in [6.45, 7) is 2.23. The fourth-order valence-electron chi connectivity index (χ4n) is 1.81. The van der Waals surface area contributed by atoms with Crippen LogP contribution in [0.4, 0.5) is 0 Å². The highest BCUT2D eigenvalue weighted by atomic mass is 16.1. The van der Waals surface area contributed by atoms with E-state index in [0.29, 0.717) is 5.78 Å². The zero-order chi connectivity index (χ0) is 9.52. The van der Waals surface area contributed by atoms with Gasteiger partial charge in [-0.05, 0) is 24.8 Å². The Hall–Kier alpha value is -0.590. The minimum Gasteiger partial charge on any atom is -0.295 e. The van der Waals surface area contributed by atoms with Gasteiger partial charge in [0.2, 0.25) is 0 Å². The molecule has 0 radical (unpaired) electrons. The van der Waals surface area contributed by atoms with E-state index in [2.05, 4.69) is 13.0 Å². The predicted molar refractivity (Wildman–Crippen MR) is 55.7 cm³/mol. The highest BCUT2D eigenvalue weighted by molar-refractivity contribution is 5.97. The van der Waals surface area contributed by atoms with E-state index in [-0.39, 0.29) is 0 Å². The summed E-state index contributed by atoms with van der Waals surface area (Å²) in [7, 11) is 0. The van der Waals surface area contributed by atoms with Gasteiger partial charge in [-0.25, -0.2) is 0 Å². The first-order valence-corrected chi connectivity index (χ1v) is 5.57. The molecule has 0 spiro atoms. The van der Waals surface area contributed by atoms with Gasteiger partial charge in [0.25, 0.3) is 0 Å². The number of Topliss-reactive ketones (excluding diaryl/α,β-unsaturated/α-hetero) is 1. The molecule has 0 aromatic rings. The summed E-state index contributed by atoms with van der Waals surface area (Å²) in [4.78, 5) is 11.2. The van der Waals surface area contributed by atoms with Gasteiger partial charge in [0, 0.05) is 6.42 Å². The van der Waals surface area contributed by atoms with Crippen LogP contribution in [0.15, 0.2) is 11.6 Å². The van der Waals surface area contributed by atoms with Crippen LogP contribution in [-0.2, 0) is 4.79 Å². The smallest absolute Gasteiger partial charge is 0.158 e. The lowest BCUT2D eigenvalue weighted by molar-refractivity contribution is -0.115. The number of hydrogen-bond donors (Lipinski definition) is 0. The summed E-state index contributed by atoms with van der Waals surface area (Å²) in [5.41, 5.74) is 1.11. The Kier molecular flexibility index (Phi) is 4.81. The largest absolute Gasteiger partial charge is 0.295 e. The maximum absolute atomic E-state index is 11.2. The van der Waals surface area contributed by atoms with Gasteiger partial charge in [-0.2, -0.15) is 0 Å². The summed E-state index contributed by atoms with van der Waals surface area (Å²) >= 11 is 0. The number of rotatable bonds is 6. The molecule has 0 N–H and O–H groups in total. The zero-order valence-electron chi connectivity index (χ0n) is 8.64. The molecule has 0 saturated heterocycles. The molecule has 13 heavy (non-hydrogen) atoms. The topological polar surface area (TPSA) is 17.1 Å². The van der Waals surface area contributed by atoms with Gasteiger partial charge in [0.05, 0.1) is 0 Å². The average molecular weight is 180 g/mol. The van der Waals surface area contributed by atoms with Crippen molar-refractivity contribution in [2.75, 3.05) is 0 Å². The third kappa shape index (κ3) is 3.75. The summed E-state index contributed by atoms with van der Waals surface area (Å²) < 4.78 is 0. The molecule has 1 nitrogen and oxygen atoms in total. The lowest BCUT2D eigenvalue weighted by atomic mass is 10.0. The normalized spacial score (nSPS) is 16.4. The van der Waals surface area contributed by atoms with Crippen molar-refractivity contribution in [3.8, 4) is 0 Å². The maximum Gasteiger partial charge on any atom is 0.158 e. The Labute approximate surface area is 81.2 Å². The van der Waals surface area contributed by atoms with E-state index in [9.17, 15) is 4.79 Å². The third-order valence-corrected chi connectivity index (χ3v) is 2.67. The minimum absolute atomic E-state index is 0.399. The molecule has 1 heteroatoms. The minimum atomic E-state index is 0.399. The van der Waals surface area contributed by atoms with E-state index in [1.165, 1.54) is 32.1 Å². The van der Waals surface area contributed by atoms with Crippen LogP contribution in [0.1, 0.15) is 58.3 Å². The molecule has 0 atom stereocenters. The van der Waals surface area contributed by atoms with E-state index in [0.717, 1.165) is 24.8 Å². The number of ketones is 1. The predicted octanol–water partition coefficient (Wildman–Crippen LogP) is 3.64. The van der Waals surface area contributed by atoms with Crippen LogP contribution < -0.4 is 0 Å². The molecule has 0 aromatic heterocycles. The van der Waals surface area contributed by atoms with Gasteiger partial charge in [0.1, 0.15) is 0 Å². The second-order valence-corrected chi connectivity index (χ2v) is 3.86. The number of allylic oxidation sites excluding steroid dienone is 2. The van der Waals surface area contributed by atoms with Gasteiger partial charge >= 0.3 is 0 Å². The Bertz CT molecular complexity index is 191. The Morgan fingerprint density at radius 1 is 1.23 bits per heavy atom. The standard InChI is InChI=1S/C12H20O/c1-2-3-4-5-6-8-11-9-7-10-12(11)13/h9H,2-8,10H2,1H3. The first-order valence-electron chi connectivity index (χ1n) is 5.57. The second kappa shape index (κ2) is 5.95. The molecular formula is C12H20O. The van der Waals surface area contributed by atoms with Crippen molar-refractivity contribution >= 4 is 5.78 Å². The van der Waals surface area contributed by atoms with Crippen molar-refractivity contribution in [2.45, 2.75) is 58.3 Å². The lowest BCUT2D eigenvalue weighted by Gasteiger charge is -2.00. The first kappa shape index (κ1) is 10.5. The van der Waals surface area contributed by atoms with E-state index in [4.69, 9.17) is 0 Å². The first-order chi connectivity index (χ1) is 6.34. The summed E-state index contributed by atoms with van der Waals surface area (Å²) in [6, 6.07) is 0. The molecule has 1 rings (SSSR count). The van der Waals surface area contributed by atoms with Crippen molar-refractivity contribution in [3.63, 3.8) is 0 Å². The average Bonchev–Trinajstić information content (AvgIpc) is 2.52. The fourth-order valence-corrected chi connectivity index (χ4v) is 1.81. The molecule has 0 unspecified atom stereocenters.